The van der Waals surface area contributed by atoms with E-state index in [2.05, 4.69) is 15.1 Å². The van der Waals surface area contributed by atoms with Crippen molar-refractivity contribution in [1.82, 2.24) is 24.3 Å². The third-order valence-electron chi connectivity index (χ3n) is 4.83. The van der Waals surface area contributed by atoms with Crippen molar-refractivity contribution in [3.63, 3.8) is 0 Å². The number of nitrogens with zero attached hydrogens (tertiary/aromatic N) is 5. The van der Waals surface area contributed by atoms with Crippen LogP contribution in [0.15, 0.2) is 65.7 Å². The topological polar surface area (TPSA) is 65.6 Å². The van der Waals surface area contributed by atoms with Crippen molar-refractivity contribution in [2.75, 3.05) is 0 Å². The van der Waals surface area contributed by atoms with Gasteiger partial charge < -0.3 is 0 Å². The Labute approximate surface area is 196 Å². The van der Waals surface area contributed by atoms with E-state index in [1.807, 2.05) is 6.07 Å². The summed E-state index contributed by atoms with van der Waals surface area (Å²) in [6, 6.07) is 15.1. The Morgan fingerprint density at radius 1 is 0.970 bits per heavy atom. The number of alkyl halides is 3. The normalized spacial score (nSPS) is 11.7. The van der Waals surface area contributed by atoms with Crippen LogP contribution in [0.25, 0.3) is 22.6 Å². The van der Waals surface area contributed by atoms with E-state index in [1.54, 1.807) is 48.5 Å². The summed E-state index contributed by atoms with van der Waals surface area (Å²) in [6.07, 6.45) is -4.25. The van der Waals surface area contributed by atoms with E-state index in [1.165, 1.54) is 6.33 Å². The fourth-order valence-electron chi connectivity index (χ4n) is 3.25. The van der Waals surface area contributed by atoms with Crippen LogP contribution in [0.3, 0.4) is 0 Å². The summed E-state index contributed by atoms with van der Waals surface area (Å²) in [5, 5.41) is 5.25. The molecule has 2 aromatic carbocycles. The minimum absolute atomic E-state index is 0.0571. The van der Waals surface area contributed by atoms with Crippen LogP contribution in [0, 0.1) is 0 Å². The number of rotatable bonds is 6. The van der Waals surface area contributed by atoms with Crippen molar-refractivity contribution in [3.05, 3.63) is 87.1 Å². The molecule has 0 aliphatic rings. The molecule has 6 nitrogen and oxygen atoms in total. The van der Waals surface area contributed by atoms with Gasteiger partial charge in [-0.1, -0.05) is 41.4 Å². The molecule has 0 amide bonds. The first kappa shape index (κ1) is 23.0. The molecular formula is C22H16Cl2F3N5O. The van der Waals surface area contributed by atoms with Gasteiger partial charge in [-0.05, 0) is 36.4 Å². The van der Waals surface area contributed by atoms with Crippen LogP contribution >= 0.6 is 23.2 Å². The number of halogens is 5. The molecule has 0 saturated carbocycles. The minimum atomic E-state index is -4.42. The Morgan fingerprint density at radius 3 is 2.39 bits per heavy atom. The van der Waals surface area contributed by atoms with Crippen molar-refractivity contribution in [2.45, 2.75) is 25.7 Å². The Morgan fingerprint density at radius 2 is 1.70 bits per heavy atom. The molecule has 2 aromatic heterocycles. The van der Waals surface area contributed by atoms with Gasteiger partial charge in [0.25, 0.3) is 0 Å². The molecule has 0 spiro atoms. The summed E-state index contributed by atoms with van der Waals surface area (Å²) in [5.74, 6) is 0.112. The molecule has 0 N–H and O–H groups in total. The predicted molar refractivity (Wildman–Crippen MR) is 119 cm³/mol. The fraction of sp³-hybridized carbons (Fsp3) is 0.182. The first-order chi connectivity index (χ1) is 15.7. The van der Waals surface area contributed by atoms with Crippen LogP contribution in [0.1, 0.15) is 12.1 Å². The molecule has 4 rings (SSSR count). The molecule has 11 heteroatoms. The standard InChI is InChI=1S/C22H16Cl2F3N5O/c23-15-7-5-14(6-8-15)20-30-32(21(33)31(20)10-9-22(25,26)27)12-16-11-19(29-13-28-16)17-3-1-2-4-18(17)24/h1-8,11,13H,9-10,12H2. The summed E-state index contributed by atoms with van der Waals surface area (Å²) in [7, 11) is 0. The minimum Gasteiger partial charge on any atom is -0.275 e. The average molecular weight is 494 g/mol. The van der Waals surface area contributed by atoms with Gasteiger partial charge in [0.05, 0.1) is 24.4 Å². The molecule has 0 fully saturated rings. The summed E-state index contributed by atoms with van der Waals surface area (Å²) in [4.78, 5) is 21.4. The van der Waals surface area contributed by atoms with Gasteiger partial charge in [-0.3, -0.25) is 4.57 Å². The molecule has 0 radical (unpaired) electrons. The van der Waals surface area contributed by atoms with E-state index in [-0.39, 0.29) is 12.4 Å². The Balaban J connectivity index is 1.71. The number of hydrogen-bond donors (Lipinski definition) is 0. The van der Waals surface area contributed by atoms with E-state index >= 15 is 0 Å². The number of benzene rings is 2. The molecule has 0 unspecified atom stereocenters. The molecule has 0 aliphatic heterocycles. The van der Waals surface area contributed by atoms with Crippen molar-refractivity contribution in [1.29, 1.82) is 0 Å². The average Bonchev–Trinajstić information content (AvgIpc) is 3.08. The van der Waals surface area contributed by atoms with Crippen molar-refractivity contribution >= 4 is 23.2 Å². The zero-order chi connectivity index (χ0) is 23.6. The Bertz CT molecular complexity index is 1330. The van der Waals surface area contributed by atoms with Gasteiger partial charge in [-0.2, -0.15) is 13.2 Å². The van der Waals surface area contributed by atoms with Crippen LogP contribution in [0.2, 0.25) is 10.0 Å². The lowest BCUT2D eigenvalue weighted by Crippen LogP contribution is -2.27. The molecule has 0 aliphatic carbocycles. The Kier molecular flexibility index (Phi) is 6.53. The van der Waals surface area contributed by atoms with Crippen molar-refractivity contribution in [3.8, 4) is 22.6 Å². The Hall–Kier alpha value is -3.17. The van der Waals surface area contributed by atoms with Crippen LogP contribution in [0.5, 0.6) is 0 Å². The van der Waals surface area contributed by atoms with Crippen molar-refractivity contribution in [2.24, 2.45) is 0 Å². The van der Waals surface area contributed by atoms with Gasteiger partial charge in [-0.25, -0.2) is 19.4 Å². The monoisotopic (exact) mass is 493 g/mol. The first-order valence-electron chi connectivity index (χ1n) is 9.77. The summed E-state index contributed by atoms with van der Waals surface area (Å²) in [5.41, 5.74) is 1.48. The molecule has 170 valence electrons. The molecule has 0 atom stereocenters. The lowest BCUT2D eigenvalue weighted by atomic mass is 10.1. The van der Waals surface area contributed by atoms with E-state index in [9.17, 15) is 18.0 Å². The van der Waals surface area contributed by atoms with Gasteiger partial charge in [-0.15, -0.1) is 5.10 Å². The largest absolute Gasteiger partial charge is 0.390 e. The molecule has 0 saturated heterocycles. The summed E-state index contributed by atoms with van der Waals surface area (Å²) < 4.78 is 40.7. The highest BCUT2D eigenvalue weighted by atomic mass is 35.5. The summed E-state index contributed by atoms with van der Waals surface area (Å²) >= 11 is 12.2. The van der Waals surface area contributed by atoms with Crippen LogP contribution in [-0.2, 0) is 13.1 Å². The highest BCUT2D eigenvalue weighted by Gasteiger charge is 2.28. The highest BCUT2D eigenvalue weighted by Crippen LogP contribution is 2.26. The molecule has 2 heterocycles. The van der Waals surface area contributed by atoms with Gasteiger partial charge in [0, 0.05) is 27.7 Å². The SMILES string of the molecule is O=c1n(Cc2cc(-c3ccccc3Cl)ncn2)nc(-c2ccc(Cl)cc2)n1CCC(F)(F)F. The van der Waals surface area contributed by atoms with E-state index in [0.29, 0.717) is 32.6 Å². The maximum atomic E-state index is 13.0. The number of hydrogen-bond acceptors (Lipinski definition) is 4. The zero-order valence-corrected chi connectivity index (χ0v) is 18.4. The van der Waals surface area contributed by atoms with E-state index in [4.69, 9.17) is 23.2 Å². The van der Waals surface area contributed by atoms with Gasteiger partial charge in [0.15, 0.2) is 5.82 Å². The van der Waals surface area contributed by atoms with Crippen LogP contribution in [-0.4, -0.2) is 30.5 Å². The van der Waals surface area contributed by atoms with Crippen LogP contribution in [0.4, 0.5) is 13.2 Å². The maximum absolute atomic E-state index is 13.0. The maximum Gasteiger partial charge on any atom is 0.390 e. The third kappa shape index (κ3) is 5.43. The molecular weight excluding hydrogens is 478 g/mol. The third-order valence-corrected chi connectivity index (χ3v) is 5.41. The molecule has 33 heavy (non-hydrogen) atoms. The van der Waals surface area contributed by atoms with E-state index < -0.39 is 24.8 Å². The first-order valence-corrected chi connectivity index (χ1v) is 10.5. The van der Waals surface area contributed by atoms with Crippen molar-refractivity contribution < 1.29 is 13.2 Å². The van der Waals surface area contributed by atoms with Gasteiger partial charge >= 0.3 is 11.9 Å². The quantitative estimate of drug-likeness (QED) is 0.356. The second kappa shape index (κ2) is 9.36. The second-order valence-electron chi connectivity index (χ2n) is 7.16. The summed E-state index contributed by atoms with van der Waals surface area (Å²) in [6.45, 7) is -0.618. The predicted octanol–water partition coefficient (Wildman–Crippen LogP) is 5.48. The molecule has 0 bridgehead atoms. The second-order valence-corrected chi connectivity index (χ2v) is 8.01. The van der Waals surface area contributed by atoms with Gasteiger partial charge in [0.2, 0.25) is 0 Å². The lowest BCUT2D eigenvalue weighted by Gasteiger charge is -2.08. The fourth-order valence-corrected chi connectivity index (χ4v) is 3.61. The lowest BCUT2D eigenvalue weighted by molar-refractivity contribution is -0.136. The van der Waals surface area contributed by atoms with E-state index in [0.717, 1.165) is 9.25 Å². The zero-order valence-electron chi connectivity index (χ0n) is 16.9. The van der Waals surface area contributed by atoms with Gasteiger partial charge in [0.1, 0.15) is 6.33 Å². The van der Waals surface area contributed by atoms with Crippen LogP contribution < -0.4 is 5.69 Å². The molecule has 4 aromatic rings. The highest BCUT2D eigenvalue weighted by molar-refractivity contribution is 6.33. The smallest absolute Gasteiger partial charge is 0.275 e. The number of aromatic nitrogens is 5.